The minimum atomic E-state index is 0.416. The lowest BCUT2D eigenvalue weighted by Crippen LogP contribution is -2.04. The van der Waals surface area contributed by atoms with Gasteiger partial charge in [-0.1, -0.05) is 38.0 Å². The standard InChI is InChI=1S/C20H28O3/c1-3-4-5-14-22-19-10-6-17(7-11-19)18-8-12-20(13-9-18)23-16-15-21-2/h6-8,10-13,18H,3-5,9,14-16H2,1-2H3. The van der Waals surface area contributed by atoms with Crippen molar-refractivity contribution in [1.82, 2.24) is 0 Å². The summed E-state index contributed by atoms with van der Waals surface area (Å²) < 4.78 is 16.4. The number of rotatable bonds is 10. The fraction of sp³-hybridized carbons (Fsp3) is 0.500. The predicted octanol–water partition coefficient (Wildman–Crippen LogP) is 4.85. The largest absolute Gasteiger partial charge is 0.494 e. The van der Waals surface area contributed by atoms with Crippen molar-refractivity contribution in [3.05, 3.63) is 53.8 Å². The molecule has 2 rings (SSSR count). The first kappa shape index (κ1) is 17.6. The molecule has 1 aromatic carbocycles. The average molecular weight is 316 g/mol. The molecule has 0 aliphatic heterocycles. The fourth-order valence-corrected chi connectivity index (χ4v) is 2.55. The molecule has 3 nitrogen and oxygen atoms in total. The molecule has 0 heterocycles. The third-order valence-corrected chi connectivity index (χ3v) is 3.95. The summed E-state index contributed by atoms with van der Waals surface area (Å²) in [6.07, 6.45) is 11.0. The Bertz CT molecular complexity index is 502. The number of ether oxygens (including phenoxy) is 3. The summed E-state index contributed by atoms with van der Waals surface area (Å²) in [6, 6.07) is 8.47. The van der Waals surface area contributed by atoms with E-state index < -0.39 is 0 Å². The van der Waals surface area contributed by atoms with Crippen molar-refractivity contribution < 1.29 is 14.2 Å². The van der Waals surface area contributed by atoms with Crippen molar-refractivity contribution in [2.45, 2.75) is 38.5 Å². The van der Waals surface area contributed by atoms with Crippen molar-refractivity contribution in [1.29, 1.82) is 0 Å². The molecule has 126 valence electrons. The van der Waals surface area contributed by atoms with Gasteiger partial charge in [-0.15, -0.1) is 0 Å². The van der Waals surface area contributed by atoms with Gasteiger partial charge in [0.2, 0.25) is 0 Å². The summed E-state index contributed by atoms with van der Waals surface area (Å²) >= 11 is 0. The van der Waals surface area contributed by atoms with E-state index >= 15 is 0 Å². The molecule has 1 aromatic rings. The monoisotopic (exact) mass is 316 g/mol. The van der Waals surface area contributed by atoms with Gasteiger partial charge in [-0.3, -0.25) is 0 Å². The predicted molar refractivity (Wildman–Crippen MR) is 93.9 cm³/mol. The van der Waals surface area contributed by atoms with Gasteiger partial charge >= 0.3 is 0 Å². The van der Waals surface area contributed by atoms with Crippen molar-refractivity contribution in [3.63, 3.8) is 0 Å². The van der Waals surface area contributed by atoms with Crippen molar-refractivity contribution in [2.75, 3.05) is 26.9 Å². The van der Waals surface area contributed by atoms with Crippen LogP contribution in [0.2, 0.25) is 0 Å². The minimum absolute atomic E-state index is 0.416. The molecule has 0 fully saturated rings. The van der Waals surface area contributed by atoms with Gasteiger partial charge in [0, 0.05) is 13.0 Å². The number of benzene rings is 1. The molecule has 0 saturated heterocycles. The van der Waals surface area contributed by atoms with E-state index in [9.17, 15) is 0 Å². The Balaban J connectivity index is 1.78. The van der Waals surface area contributed by atoms with Crippen LogP contribution in [0.25, 0.3) is 0 Å². The van der Waals surface area contributed by atoms with Crippen LogP contribution in [-0.4, -0.2) is 26.9 Å². The highest BCUT2D eigenvalue weighted by molar-refractivity contribution is 5.34. The molecule has 0 spiro atoms. The number of methoxy groups -OCH3 is 1. The van der Waals surface area contributed by atoms with Crippen LogP contribution in [0.5, 0.6) is 5.75 Å². The SMILES string of the molecule is CCCCCOc1ccc(C2C=CC(OCCOC)=CC2)cc1. The second kappa shape index (κ2) is 10.1. The van der Waals surface area contributed by atoms with E-state index in [1.54, 1.807) is 7.11 Å². The number of unbranched alkanes of at least 4 members (excludes halogenated alkanes) is 2. The molecular weight excluding hydrogens is 288 g/mol. The van der Waals surface area contributed by atoms with Gasteiger partial charge in [-0.05, 0) is 42.7 Å². The Morgan fingerprint density at radius 3 is 2.48 bits per heavy atom. The first-order chi connectivity index (χ1) is 11.3. The second-order valence-corrected chi connectivity index (χ2v) is 5.77. The topological polar surface area (TPSA) is 27.7 Å². The zero-order valence-corrected chi connectivity index (χ0v) is 14.3. The molecule has 0 bridgehead atoms. The number of allylic oxidation sites excluding steroid dienone is 3. The van der Waals surface area contributed by atoms with Crippen LogP contribution in [0.15, 0.2) is 48.3 Å². The fourth-order valence-electron chi connectivity index (χ4n) is 2.55. The maximum Gasteiger partial charge on any atom is 0.119 e. The Morgan fingerprint density at radius 2 is 1.83 bits per heavy atom. The maximum atomic E-state index is 5.76. The molecule has 0 radical (unpaired) electrons. The molecule has 0 amide bonds. The van der Waals surface area contributed by atoms with Crippen LogP contribution < -0.4 is 4.74 Å². The Morgan fingerprint density at radius 1 is 1.00 bits per heavy atom. The van der Waals surface area contributed by atoms with Crippen LogP contribution in [0.3, 0.4) is 0 Å². The zero-order chi connectivity index (χ0) is 16.3. The molecule has 0 N–H and O–H groups in total. The lowest BCUT2D eigenvalue weighted by Gasteiger charge is -2.17. The van der Waals surface area contributed by atoms with E-state index in [4.69, 9.17) is 14.2 Å². The van der Waals surface area contributed by atoms with E-state index in [1.165, 1.54) is 18.4 Å². The molecule has 0 saturated carbocycles. The molecule has 1 aliphatic rings. The summed E-state index contributed by atoms with van der Waals surface area (Å²) in [5.41, 5.74) is 1.31. The van der Waals surface area contributed by atoms with Gasteiger partial charge < -0.3 is 14.2 Å². The van der Waals surface area contributed by atoms with Crippen LogP contribution >= 0.6 is 0 Å². The van der Waals surface area contributed by atoms with Crippen LogP contribution in [0.4, 0.5) is 0 Å². The molecular formula is C20H28O3. The summed E-state index contributed by atoms with van der Waals surface area (Å²) in [5, 5.41) is 0. The first-order valence-electron chi connectivity index (χ1n) is 8.56. The van der Waals surface area contributed by atoms with Crippen molar-refractivity contribution in [2.24, 2.45) is 0 Å². The van der Waals surface area contributed by atoms with Gasteiger partial charge in [0.15, 0.2) is 0 Å². The molecule has 0 aromatic heterocycles. The first-order valence-corrected chi connectivity index (χ1v) is 8.56. The Hall–Kier alpha value is -1.74. The van der Waals surface area contributed by atoms with Crippen LogP contribution in [0.1, 0.15) is 44.1 Å². The Labute approximate surface area is 139 Å². The molecule has 1 atom stereocenters. The smallest absolute Gasteiger partial charge is 0.119 e. The normalized spacial score (nSPS) is 17.0. The minimum Gasteiger partial charge on any atom is -0.494 e. The van der Waals surface area contributed by atoms with Gasteiger partial charge in [0.05, 0.1) is 13.2 Å². The van der Waals surface area contributed by atoms with Crippen molar-refractivity contribution >= 4 is 0 Å². The number of hydrogen-bond acceptors (Lipinski definition) is 3. The maximum absolute atomic E-state index is 5.76. The molecule has 3 heteroatoms. The average Bonchev–Trinajstić information content (AvgIpc) is 2.60. The highest BCUT2D eigenvalue weighted by atomic mass is 16.5. The number of hydrogen-bond donors (Lipinski definition) is 0. The van der Waals surface area contributed by atoms with E-state index in [-0.39, 0.29) is 0 Å². The highest BCUT2D eigenvalue weighted by Crippen LogP contribution is 2.28. The van der Waals surface area contributed by atoms with E-state index in [0.717, 1.165) is 31.0 Å². The van der Waals surface area contributed by atoms with E-state index in [0.29, 0.717) is 19.1 Å². The molecule has 23 heavy (non-hydrogen) atoms. The van der Waals surface area contributed by atoms with Gasteiger partial charge in [0.1, 0.15) is 18.1 Å². The van der Waals surface area contributed by atoms with E-state index in [2.05, 4.69) is 49.4 Å². The lowest BCUT2D eigenvalue weighted by atomic mass is 9.92. The van der Waals surface area contributed by atoms with Crippen molar-refractivity contribution in [3.8, 4) is 5.75 Å². The molecule has 1 unspecified atom stereocenters. The summed E-state index contributed by atoms with van der Waals surface area (Å²) in [6.45, 7) is 4.23. The lowest BCUT2D eigenvalue weighted by molar-refractivity contribution is 0.113. The van der Waals surface area contributed by atoms with Crippen LogP contribution in [-0.2, 0) is 9.47 Å². The summed E-state index contributed by atoms with van der Waals surface area (Å²) in [5.74, 6) is 2.32. The third-order valence-electron chi connectivity index (χ3n) is 3.95. The third kappa shape index (κ3) is 6.11. The van der Waals surface area contributed by atoms with Gasteiger partial charge in [-0.2, -0.15) is 0 Å². The quantitative estimate of drug-likeness (QED) is 0.578. The van der Waals surface area contributed by atoms with Gasteiger partial charge in [0.25, 0.3) is 0 Å². The second-order valence-electron chi connectivity index (χ2n) is 5.77. The Kier molecular flexibility index (Phi) is 7.74. The summed E-state index contributed by atoms with van der Waals surface area (Å²) in [4.78, 5) is 0. The zero-order valence-electron chi connectivity index (χ0n) is 14.3. The highest BCUT2D eigenvalue weighted by Gasteiger charge is 2.12. The van der Waals surface area contributed by atoms with Gasteiger partial charge in [-0.25, -0.2) is 0 Å². The molecule has 1 aliphatic carbocycles. The summed E-state index contributed by atoms with van der Waals surface area (Å²) in [7, 11) is 1.68. The van der Waals surface area contributed by atoms with Crippen LogP contribution in [0, 0.1) is 0 Å². The van der Waals surface area contributed by atoms with E-state index in [1.807, 2.05) is 0 Å².